The number of anilines is 1. The maximum Gasteiger partial charge on any atom is 0.374 e. The van der Waals surface area contributed by atoms with Crippen LogP contribution in [0.2, 0.25) is 0 Å². The predicted molar refractivity (Wildman–Crippen MR) is 87.8 cm³/mol. The molecule has 0 bridgehead atoms. The SMILES string of the molecule is CC(C)CC(=O)Nc1ccc(C(=O)COC(=O)c2ccco2)cc1. The Bertz CT molecular complexity index is 702. The zero-order valence-corrected chi connectivity index (χ0v) is 13.6. The van der Waals surface area contributed by atoms with E-state index in [-0.39, 0.29) is 30.0 Å². The van der Waals surface area contributed by atoms with E-state index in [1.165, 1.54) is 12.3 Å². The van der Waals surface area contributed by atoms with Crippen LogP contribution in [-0.2, 0) is 9.53 Å². The van der Waals surface area contributed by atoms with Crippen LogP contribution in [0.15, 0.2) is 47.1 Å². The van der Waals surface area contributed by atoms with Gasteiger partial charge in [-0.15, -0.1) is 0 Å². The standard InChI is InChI=1S/C18H19NO5/c1-12(2)10-17(21)19-14-7-5-13(6-8-14)15(20)11-24-18(22)16-4-3-9-23-16/h3-9,12H,10-11H2,1-2H3,(H,19,21). The topological polar surface area (TPSA) is 85.6 Å². The van der Waals surface area contributed by atoms with Crippen LogP contribution in [0.3, 0.4) is 0 Å². The summed E-state index contributed by atoms with van der Waals surface area (Å²) in [4.78, 5) is 35.3. The van der Waals surface area contributed by atoms with Crippen molar-refractivity contribution in [3.05, 3.63) is 54.0 Å². The summed E-state index contributed by atoms with van der Waals surface area (Å²) >= 11 is 0. The minimum atomic E-state index is -0.689. The average Bonchev–Trinajstić information content (AvgIpc) is 3.06. The van der Waals surface area contributed by atoms with Gasteiger partial charge in [-0.2, -0.15) is 0 Å². The number of ether oxygens (including phenoxy) is 1. The number of ketones is 1. The van der Waals surface area contributed by atoms with Crippen molar-refractivity contribution >= 4 is 23.3 Å². The molecule has 24 heavy (non-hydrogen) atoms. The number of benzene rings is 1. The number of hydrogen-bond acceptors (Lipinski definition) is 5. The minimum absolute atomic E-state index is 0.0472. The van der Waals surface area contributed by atoms with Gasteiger partial charge in [-0.1, -0.05) is 13.8 Å². The molecule has 0 atom stereocenters. The fraction of sp³-hybridized carbons (Fsp3) is 0.278. The lowest BCUT2D eigenvalue weighted by atomic mass is 10.1. The summed E-state index contributed by atoms with van der Waals surface area (Å²) in [6.45, 7) is 3.55. The lowest BCUT2D eigenvalue weighted by Gasteiger charge is -2.08. The van der Waals surface area contributed by atoms with E-state index in [1.54, 1.807) is 30.3 Å². The molecule has 2 rings (SSSR count). The highest BCUT2D eigenvalue weighted by molar-refractivity contribution is 5.99. The van der Waals surface area contributed by atoms with E-state index in [9.17, 15) is 14.4 Å². The molecule has 0 aliphatic heterocycles. The largest absolute Gasteiger partial charge is 0.457 e. The smallest absolute Gasteiger partial charge is 0.374 e. The summed E-state index contributed by atoms with van der Waals surface area (Å²) in [6, 6.07) is 9.45. The highest BCUT2D eigenvalue weighted by Crippen LogP contribution is 2.12. The summed E-state index contributed by atoms with van der Waals surface area (Å²) in [6.07, 6.45) is 1.79. The van der Waals surface area contributed by atoms with Gasteiger partial charge in [0, 0.05) is 17.7 Å². The van der Waals surface area contributed by atoms with Gasteiger partial charge in [0.2, 0.25) is 11.7 Å². The monoisotopic (exact) mass is 329 g/mol. The molecule has 0 radical (unpaired) electrons. The molecule has 126 valence electrons. The van der Waals surface area contributed by atoms with E-state index in [0.29, 0.717) is 17.7 Å². The summed E-state index contributed by atoms with van der Waals surface area (Å²) in [5, 5.41) is 2.76. The van der Waals surface area contributed by atoms with Crippen LogP contribution in [0.25, 0.3) is 0 Å². The highest BCUT2D eigenvalue weighted by Gasteiger charge is 2.14. The lowest BCUT2D eigenvalue weighted by Crippen LogP contribution is -2.15. The number of esters is 1. The molecule has 1 amide bonds. The van der Waals surface area contributed by atoms with E-state index < -0.39 is 5.97 Å². The normalized spacial score (nSPS) is 10.5. The Labute approximate surface area is 139 Å². The number of amides is 1. The average molecular weight is 329 g/mol. The maximum absolute atomic E-state index is 12.0. The Morgan fingerprint density at radius 1 is 1.12 bits per heavy atom. The van der Waals surface area contributed by atoms with E-state index >= 15 is 0 Å². The van der Waals surface area contributed by atoms with Crippen LogP contribution in [-0.4, -0.2) is 24.3 Å². The Balaban J connectivity index is 1.87. The van der Waals surface area contributed by atoms with Crippen molar-refractivity contribution in [1.29, 1.82) is 0 Å². The first-order valence-electron chi connectivity index (χ1n) is 7.59. The second kappa shape index (κ2) is 8.10. The van der Waals surface area contributed by atoms with Crippen molar-refractivity contribution in [2.75, 3.05) is 11.9 Å². The number of hydrogen-bond donors (Lipinski definition) is 1. The molecule has 6 heteroatoms. The molecule has 1 N–H and O–H groups in total. The molecular formula is C18H19NO5. The number of carbonyl (C=O) groups is 3. The van der Waals surface area contributed by atoms with Crippen molar-refractivity contribution in [1.82, 2.24) is 0 Å². The summed E-state index contributed by atoms with van der Waals surface area (Å²) < 4.78 is 9.78. The van der Waals surface area contributed by atoms with Gasteiger partial charge in [0.15, 0.2) is 12.4 Å². The van der Waals surface area contributed by atoms with E-state index in [4.69, 9.17) is 9.15 Å². The Morgan fingerprint density at radius 3 is 2.42 bits per heavy atom. The predicted octanol–water partition coefficient (Wildman–Crippen LogP) is 3.30. The lowest BCUT2D eigenvalue weighted by molar-refractivity contribution is -0.116. The first kappa shape index (κ1) is 17.5. The van der Waals surface area contributed by atoms with Crippen molar-refractivity contribution < 1.29 is 23.5 Å². The highest BCUT2D eigenvalue weighted by atomic mass is 16.5. The number of carbonyl (C=O) groups excluding carboxylic acids is 3. The molecule has 0 aliphatic carbocycles. The molecular weight excluding hydrogens is 310 g/mol. The van der Waals surface area contributed by atoms with Crippen molar-refractivity contribution in [2.24, 2.45) is 5.92 Å². The first-order chi connectivity index (χ1) is 11.5. The summed E-state index contributed by atoms with van der Waals surface area (Å²) in [7, 11) is 0. The van der Waals surface area contributed by atoms with Crippen LogP contribution in [0, 0.1) is 5.92 Å². The molecule has 1 heterocycles. The maximum atomic E-state index is 12.0. The van der Waals surface area contributed by atoms with Gasteiger partial charge in [-0.3, -0.25) is 9.59 Å². The minimum Gasteiger partial charge on any atom is -0.457 e. The quantitative estimate of drug-likeness (QED) is 0.622. The fourth-order valence-corrected chi connectivity index (χ4v) is 2.00. The van der Waals surface area contributed by atoms with Crippen LogP contribution >= 0.6 is 0 Å². The number of nitrogens with one attached hydrogen (secondary N) is 1. The van der Waals surface area contributed by atoms with E-state index in [1.807, 2.05) is 13.8 Å². The van der Waals surface area contributed by atoms with E-state index in [2.05, 4.69) is 5.32 Å². The van der Waals surface area contributed by atoms with Crippen LogP contribution in [0.1, 0.15) is 41.2 Å². The third-order valence-corrected chi connectivity index (χ3v) is 3.14. The molecule has 1 aromatic carbocycles. The van der Waals surface area contributed by atoms with Crippen LogP contribution < -0.4 is 5.32 Å². The van der Waals surface area contributed by atoms with Gasteiger partial charge in [0.1, 0.15) is 0 Å². The second-order valence-corrected chi connectivity index (χ2v) is 5.70. The molecule has 0 spiro atoms. The molecule has 0 unspecified atom stereocenters. The van der Waals surface area contributed by atoms with Crippen LogP contribution in [0.4, 0.5) is 5.69 Å². The Morgan fingerprint density at radius 2 is 1.83 bits per heavy atom. The molecule has 0 aliphatic rings. The summed E-state index contributed by atoms with van der Waals surface area (Å²) in [5.41, 5.74) is 1.01. The molecule has 0 saturated heterocycles. The van der Waals surface area contributed by atoms with Crippen LogP contribution in [0.5, 0.6) is 0 Å². The van der Waals surface area contributed by atoms with Gasteiger partial charge in [-0.25, -0.2) is 4.79 Å². The molecule has 0 fully saturated rings. The molecule has 0 saturated carbocycles. The van der Waals surface area contributed by atoms with E-state index in [0.717, 1.165) is 0 Å². The third-order valence-electron chi connectivity index (χ3n) is 3.14. The number of rotatable bonds is 7. The van der Waals surface area contributed by atoms with Gasteiger partial charge < -0.3 is 14.5 Å². The Hall–Kier alpha value is -2.89. The third kappa shape index (κ3) is 5.08. The Kier molecular flexibility index (Phi) is 5.89. The molecule has 1 aromatic heterocycles. The van der Waals surface area contributed by atoms with Gasteiger partial charge >= 0.3 is 5.97 Å². The van der Waals surface area contributed by atoms with Gasteiger partial charge in [-0.05, 0) is 42.3 Å². The fourth-order valence-electron chi connectivity index (χ4n) is 2.00. The number of furan rings is 1. The van der Waals surface area contributed by atoms with Crippen molar-refractivity contribution in [3.8, 4) is 0 Å². The molecule has 2 aromatic rings. The van der Waals surface area contributed by atoms with Crippen molar-refractivity contribution in [3.63, 3.8) is 0 Å². The first-order valence-corrected chi connectivity index (χ1v) is 7.59. The van der Waals surface area contributed by atoms with Gasteiger partial charge in [0.25, 0.3) is 0 Å². The van der Waals surface area contributed by atoms with Gasteiger partial charge in [0.05, 0.1) is 6.26 Å². The summed E-state index contributed by atoms with van der Waals surface area (Å²) in [5.74, 6) is -0.780. The second-order valence-electron chi connectivity index (χ2n) is 5.70. The molecule has 6 nitrogen and oxygen atoms in total. The zero-order chi connectivity index (χ0) is 17.5. The number of Topliss-reactive ketones (excluding diaryl/α,β-unsaturated/α-hetero) is 1. The zero-order valence-electron chi connectivity index (χ0n) is 13.6. The van der Waals surface area contributed by atoms with Crippen molar-refractivity contribution in [2.45, 2.75) is 20.3 Å².